The lowest BCUT2D eigenvalue weighted by Gasteiger charge is -2.27. The van der Waals surface area contributed by atoms with E-state index in [1.54, 1.807) is 23.5 Å². The van der Waals surface area contributed by atoms with Crippen LogP contribution in [0.2, 0.25) is 0 Å². The van der Waals surface area contributed by atoms with Crippen LogP contribution in [0.4, 0.5) is 10.1 Å². The lowest BCUT2D eigenvalue weighted by Crippen LogP contribution is -2.28. The molecule has 0 unspecified atom stereocenters. The smallest absolute Gasteiger partial charge is 0.146 e. The number of hydrogen-bond acceptors (Lipinski definition) is 3. The first-order valence-corrected chi connectivity index (χ1v) is 8.49. The standard InChI is InChI=1S/C17H21FN2S/c1-2-19-10-14-4-3-5-16(18)17(14)20(15-6-7-15)11-13-8-9-21-12-13/h3-5,8-9,12,15,19H,2,6-7,10-11H2,1H3. The fourth-order valence-corrected chi connectivity index (χ4v) is 3.30. The van der Waals surface area contributed by atoms with Crippen LogP contribution in [-0.2, 0) is 13.1 Å². The zero-order chi connectivity index (χ0) is 14.7. The summed E-state index contributed by atoms with van der Waals surface area (Å²) in [6.45, 7) is 4.48. The van der Waals surface area contributed by atoms with Gasteiger partial charge in [-0.1, -0.05) is 19.1 Å². The summed E-state index contributed by atoms with van der Waals surface area (Å²) in [6.07, 6.45) is 2.33. The highest BCUT2D eigenvalue weighted by molar-refractivity contribution is 7.07. The zero-order valence-corrected chi connectivity index (χ0v) is 13.1. The third-order valence-corrected chi connectivity index (χ3v) is 4.58. The molecule has 0 radical (unpaired) electrons. The van der Waals surface area contributed by atoms with Gasteiger partial charge in [0.1, 0.15) is 5.82 Å². The minimum absolute atomic E-state index is 0.104. The van der Waals surface area contributed by atoms with Gasteiger partial charge in [0.05, 0.1) is 5.69 Å². The van der Waals surface area contributed by atoms with Gasteiger partial charge in [0.2, 0.25) is 0 Å². The van der Waals surface area contributed by atoms with E-state index >= 15 is 0 Å². The third kappa shape index (κ3) is 3.44. The number of hydrogen-bond donors (Lipinski definition) is 1. The number of nitrogens with zero attached hydrogens (tertiary/aromatic N) is 1. The first-order valence-electron chi connectivity index (χ1n) is 7.55. The van der Waals surface area contributed by atoms with E-state index in [0.717, 1.165) is 30.9 Å². The number of nitrogens with one attached hydrogen (secondary N) is 1. The van der Waals surface area contributed by atoms with Crippen molar-refractivity contribution in [2.75, 3.05) is 11.4 Å². The molecule has 0 saturated heterocycles. The molecule has 0 atom stereocenters. The molecular weight excluding hydrogens is 283 g/mol. The molecule has 1 aliphatic rings. The molecule has 1 heterocycles. The van der Waals surface area contributed by atoms with E-state index in [1.807, 2.05) is 6.07 Å². The van der Waals surface area contributed by atoms with Gasteiger partial charge in [-0.05, 0) is 53.4 Å². The molecule has 1 N–H and O–H groups in total. The number of thiophene rings is 1. The maximum absolute atomic E-state index is 14.5. The Kier molecular flexibility index (Phi) is 4.56. The second kappa shape index (κ2) is 6.58. The molecule has 3 rings (SSSR count). The van der Waals surface area contributed by atoms with E-state index in [1.165, 1.54) is 18.4 Å². The largest absolute Gasteiger partial charge is 0.362 e. The number of anilines is 1. The summed E-state index contributed by atoms with van der Waals surface area (Å²) in [6, 6.07) is 8.03. The molecule has 1 aromatic heterocycles. The molecule has 1 saturated carbocycles. The predicted molar refractivity (Wildman–Crippen MR) is 87.3 cm³/mol. The van der Waals surface area contributed by atoms with Crippen molar-refractivity contribution in [2.24, 2.45) is 0 Å². The van der Waals surface area contributed by atoms with Crippen molar-refractivity contribution >= 4 is 17.0 Å². The quantitative estimate of drug-likeness (QED) is 0.826. The highest BCUT2D eigenvalue weighted by Gasteiger charge is 2.32. The fraction of sp³-hybridized carbons (Fsp3) is 0.412. The summed E-state index contributed by atoms with van der Waals surface area (Å²) in [5.74, 6) is -0.104. The molecule has 0 amide bonds. The minimum atomic E-state index is -0.104. The van der Waals surface area contributed by atoms with Gasteiger partial charge in [-0.2, -0.15) is 11.3 Å². The SMILES string of the molecule is CCNCc1cccc(F)c1N(Cc1ccsc1)C1CC1. The topological polar surface area (TPSA) is 15.3 Å². The van der Waals surface area contributed by atoms with Crippen molar-refractivity contribution in [3.05, 3.63) is 52.0 Å². The Morgan fingerprint density at radius 3 is 2.86 bits per heavy atom. The Balaban J connectivity index is 1.90. The normalized spacial score (nSPS) is 14.4. The Labute approximate surface area is 129 Å². The average molecular weight is 304 g/mol. The molecule has 1 aliphatic carbocycles. The van der Waals surface area contributed by atoms with Crippen molar-refractivity contribution in [1.82, 2.24) is 5.32 Å². The lowest BCUT2D eigenvalue weighted by molar-refractivity contribution is 0.607. The second-order valence-electron chi connectivity index (χ2n) is 5.52. The molecule has 2 aromatic rings. The van der Waals surface area contributed by atoms with Gasteiger partial charge < -0.3 is 10.2 Å². The van der Waals surface area contributed by atoms with E-state index < -0.39 is 0 Å². The van der Waals surface area contributed by atoms with Crippen LogP contribution in [0.5, 0.6) is 0 Å². The minimum Gasteiger partial charge on any atom is -0.362 e. The summed E-state index contributed by atoms with van der Waals surface area (Å²) >= 11 is 1.70. The van der Waals surface area contributed by atoms with Crippen LogP contribution in [0.1, 0.15) is 30.9 Å². The van der Waals surface area contributed by atoms with Crippen molar-refractivity contribution < 1.29 is 4.39 Å². The van der Waals surface area contributed by atoms with Gasteiger partial charge in [0.25, 0.3) is 0 Å². The van der Waals surface area contributed by atoms with Crippen molar-refractivity contribution in [3.63, 3.8) is 0 Å². The van der Waals surface area contributed by atoms with Crippen molar-refractivity contribution in [1.29, 1.82) is 0 Å². The van der Waals surface area contributed by atoms with Crippen LogP contribution >= 0.6 is 11.3 Å². The van der Waals surface area contributed by atoms with Gasteiger partial charge in [-0.25, -0.2) is 4.39 Å². The number of rotatable bonds is 7. The Bertz CT molecular complexity index is 578. The number of halogens is 1. The molecule has 2 nitrogen and oxygen atoms in total. The predicted octanol–water partition coefficient (Wildman–Crippen LogP) is 4.17. The van der Waals surface area contributed by atoms with Crippen LogP contribution in [-0.4, -0.2) is 12.6 Å². The van der Waals surface area contributed by atoms with Crippen LogP contribution in [0.25, 0.3) is 0 Å². The molecule has 0 bridgehead atoms. The molecule has 1 fully saturated rings. The zero-order valence-electron chi connectivity index (χ0n) is 12.3. The van der Waals surface area contributed by atoms with Gasteiger partial charge >= 0.3 is 0 Å². The summed E-state index contributed by atoms with van der Waals surface area (Å²) < 4.78 is 14.5. The second-order valence-corrected chi connectivity index (χ2v) is 6.30. The van der Waals surface area contributed by atoms with Crippen molar-refractivity contribution in [2.45, 2.75) is 38.9 Å². The van der Waals surface area contributed by atoms with E-state index in [2.05, 4.69) is 34.0 Å². The summed E-state index contributed by atoms with van der Waals surface area (Å²) in [7, 11) is 0. The molecule has 21 heavy (non-hydrogen) atoms. The Morgan fingerprint density at radius 2 is 2.19 bits per heavy atom. The van der Waals surface area contributed by atoms with Gasteiger partial charge in [0.15, 0.2) is 0 Å². The van der Waals surface area contributed by atoms with Gasteiger partial charge in [-0.15, -0.1) is 0 Å². The highest BCUT2D eigenvalue weighted by Crippen LogP contribution is 2.36. The maximum atomic E-state index is 14.5. The molecule has 1 aromatic carbocycles. The highest BCUT2D eigenvalue weighted by atomic mass is 32.1. The van der Waals surface area contributed by atoms with E-state index in [4.69, 9.17) is 0 Å². The third-order valence-electron chi connectivity index (χ3n) is 3.84. The van der Waals surface area contributed by atoms with Gasteiger partial charge in [-0.3, -0.25) is 0 Å². The van der Waals surface area contributed by atoms with Crippen LogP contribution < -0.4 is 10.2 Å². The molecule has 0 aliphatic heterocycles. The number of para-hydroxylation sites is 1. The molecule has 4 heteroatoms. The number of benzene rings is 1. The molecule has 0 spiro atoms. The van der Waals surface area contributed by atoms with Crippen LogP contribution in [0.15, 0.2) is 35.0 Å². The summed E-state index contributed by atoms with van der Waals surface area (Å²) in [5.41, 5.74) is 3.11. The first kappa shape index (κ1) is 14.5. The Morgan fingerprint density at radius 1 is 1.33 bits per heavy atom. The Hall–Kier alpha value is -1.39. The van der Waals surface area contributed by atoms with E-state index in [0.29, 0.717) is 6.04 Å². The molecule has 112 valence electrons. The fourth-order valence-electron chi connectivity index (χ4n) is 2.64. The van der Waals surface area contributed by atoms with Crippen molar-refractivity contribution in [3.8, 4) is 0 Å². The van der Waals surface area contributed by atoms with Crippen LogP contribution in [0, 0.1) is 5.82 Å². The van der Waals surface area contributed by atoms with E-state index in [-0.39, 0.29) is 5.82 Å². The monoisotopic (exact) mass is 304 g/mol. The van der Waals surface area contributed by atoms with Crippen LogP contribution in [0.3, 0.4) is 0 Å². The average Bonchev–Trinajstić information content (AvgIpc) is 3.20. The maximum Gasteiger partial charge on any atom is 0.146 e. The van der Waals surface area contributed by atoms with E-state index in [9.17, 15) is 4.39 Å². The lowest BCUT2D eigenvalue weighted by atomic mass is 10.1. The van der Waals surface area contributed by atoms with Gasteiger partial charge in [0, 0.05) is 19.1 Å². The molecular formula is C17H21FN2S. The first-order chi connectivity index (χ1) is 10.3. The summed E-state index contributed by atoms with van der Waals surface area (Å²) in [5, 5.41) is 7.55. The summed E-state index contributed by atoms with van der Waals surface area (Å²) in [4.78, 5) is 2.25.